The zero-order chi connectivity index (χ0) is 16.5. The monoisotopic (exact) mass is 311 g/mol. The number of rotatable bonds is 4. The van der Waals surface area contributed by atoms with Gasteiger partial charge < -0.3 is 15.3 Å². The van der Waals surface area contributed by atoms with E-state index in [9.17, 15) is 14.7 Å². The predicted molar refractivity (Wildman–Crippen MR) is 84.3 cm³/mol. The molecular weight excluding hydrogens is 282 g/mol. The molecule has 0 aliphatic carbocycles. The minimum Gasteiger partial charge on any atom is -0.391 e. The molecular formula is C16H29N3O3. The van der Waals surface area contributed by atoms with Crippen LogP contribution in [-0.2, 0) is 9.59 Å². The van der Waals surface area contributed by atoms with Gasteiger partial charge in [-0.25, -0.2) is 0 Å². The Morgan fingerprint density at radius 3 is 2.59 bits per heavy atom. The van der Waals surface area contributed by atoms with Crippen LogP contribution in [0.2, 0.25) is 0 Å². The second kappa shape index (κ2) is 6.54. The molecule has 3 atom stereocenters. The molecule has 6 heteroatoms. The van der Waals surface area contributed by atoms with Crippen molar-refractivity contribution in [1.82, 2.24) is 15.1 Å². The number of likely N-dealkylation sites (N-methyl/N-ethyl adjacent to an activating group) is 1. The van der Waals surface area contributed by atoms with Gasteiger partial charge in [-0.15, -0.1) is 0 Å². The van der Waals surface area contributed by atoms with Crippen molar-refractivity contribution in [1.29, 1.82) is 0 Å². The van der Waals surface area contributed by atoms with Crippen molar-refractivity contribution in [2.45, 2.75) is 70.2 Å². The standard InChI is InChI=1S/C16H29N3O3/c1-5-16(2,3)19-8-6-7-12(19)15(22)18-10-11(20)9-13(18)14(21)17-4/h11-13,20H,5-10H2,1-4H3,(H,17,21). The van der Waals surface area contributed by atoms with Crippen molar-refractivity contribution in [3.05, 3.63) is 0 Å². The fourth-order valence-corrected chi connectivity index (χ4v) is 3.62. The average Bonchev–Trinajstić information content (AvgIpc) is 3.12. The minimum atomic E-state index is -0.611. The van der Waals surface area contributed by atoms with Crippen LogP contribution in [0, 0.1) is 0 Å². The Morgan fingerprint density at radius 1 is 1.32 bits per heavy atom. The molecule has 6 nitrogen and oxygen atoms in total. The minimum absolute atomic E-state index is 0.0100. The molecule has 0 aromatic heterocycles. The summed E-state index contributed by atoms with van der Waals surface area (Å²) in [7, 11) is 1.57. The Kier molecular flexibility index (Phi) is 5.12. The number of aliphatic hydroxyl groups excluding tert-OH is 1. The van der Waals surface area contributed by atoms with Crippen LogP contribution >= 0.6 is 0 Å². The number of nitrogens with zero attached hydrogens (tertiary/aromatic N) is 2. The van der Waals surface area contributed by atoms with Gasteiger partial charge in [-0.2, -0.15) is 0 Å². The van der Waals surface area contributed by atoms with Crippen LogP contribution in [0.1, 0.15) is 46.5 Å². The highest BCUT2D eigenvalue weighted by molar-refractivity contribution is 5.90. The molecule has 2 N–H and O–H groups in total. The third-order valence-corrected chi connectivity index (χ3v) is 5.29. The first-order chi connectivity index (χ1) is 10.3. The lowest BCUT2D eigenvalue weighted by atomic mass is 9.97. The molecule has 0 saturated carbocycles. The Labute approximate surface area is 132 Å². The van der Waals surface area contributed by atoms with E-state index < -0.39 is 12.1 Å². The van der Waals surface area contributed by atoms with Gasteiger partial charge in [0, 0.05) is 25.6 Å². The zero-order valence-corrected chi connectivity index (χ0v) is 14.1. The number of β-amino-alcohol motifs (C(OH)–C–C–N with tert-alkyl or cyclic N) is 1. The topological polar surface area (TPSA) is 72.9 Å². The van der Waals surface area contributed by atoms with E-state index in [2.05, 4.69) is 31.0 Å². The highest BCUT2D eigenvalue weighted by Crippen LogP contribution is 2.31. The van der Waals surface area contributed by atoms with Crippen LogP contribution in [0.3, 0.4) is 0 Å². The van der Waals surface area contributed by atoms with E-state index in [-0.39, 0.29) is 29.9 Å². The van der Waals surface area contributed by atoms with E-state index in [0.717, 1.165) is 25.8 Å². The molecule has 0 bridgehead atoms. The van der Waals surface area contributed by atoms with Crippen molar-refractivity contribution < 1.29 is 14.7 Å². The first-order valence-corrected chi connectivity index (χ1v) is 8.28. The van der Waals surface area contributed by atoms with Crippen LogP contribution in [0.4, 0.5) is 0 Å². The second-order valence-corrected chi connectivity index (χ2v) is 7.03. The van der Waals surface area contributed by atoms with Crippen LogP contribution in [0.25, 0.3) is 0 Å². The lowest BCUT2D eigenvalue weighted by molar-refractivity contribution is -0.143. The van der Waals surface area contributed by atoms with Gasteiger partial charge in [0.2, 0.25) is 11.8 Å². The number of likely N-dealkylation sites (tertiary alicyclic amines) is 2. The number of carbonyl (C=O) groups excluding carboxylic acids is 2. The maximum Gasteiger partial charge on any atom is 0.242 e. The van der Waals surface area contributed by atoms with Gasteiger partial charge in [0.15, 0.2) is 0 Å². The molecule has 2 amide bonds. The van der Waals surface area contributed by atoms with E-state index in [1.54, 1.807) is 11.9 Å². The highest BCUT2D eigenvalue weighted by Gasteiger charge is 2.45. The van der Waals surface area contributed by atoms with Crippen molar-refractivity contribution in [2.24, 2.45) is 0 Å². The fourth-order valence-electron chi connectivity index (χ4n) is 3.62. The van der Waals surface area contributed by atoms with Crippen molar-refractivity contribution in [3.8, 4) is 0 Å². The van der Waals surface area contributed by atoms with Gasteiger partial charge in [0.1, 0.15) is 6.04 Å². The third kappa shape index (κ3) is 3.13. The molecule has 2 aliphatic heterocycles. The normalized spacial score (nSPS) is 29.9. The van der Waals surface area contributed by atoms with E-state index in [4.69, 9.17) is 0 Å². The smallest absolute Gasteiger partial charge is 0.242 e. The number of aliphatic hydroxyl groups is 1. The summed E-state index contributed by atoms with van der Waals surface area (Å²) in [4.78, 5) is 28.8. The summed E-state index contributed by atoms with van der Waals surface area (Å²) in [6.07, 6.45) is 2.52. The van der Waals surface area contributed by atoms with Gasteiger partial charge in [-0.05, 0) is 39.7 Å². The fraction of sp³-hybridized carbons (Fsp3) is 0.875. The maximum atomic E-state index is 13.0. The van der Waals surface area contributed by atoms with Crippen LogP contribution in [-0.4, -0.2) is 70.6 Å². The van der Waals surface area contributed by atoms with Gasteiger partial charge in [-0.1, -0.05) is 6.92 Å². The molecule has 0 aromatic carbocycles. The van der Waals surface area contributed by atoms with Crippen LogP contribution < -0.4 is 5.32 Å². The molecule has 2 heterocycles. The molecule has 2 aliphatic rings. The summed E-state index contributed by atoms with van der Waals surface area (Å²) in [5, 5.41) is 12.5. The van der Waals surface area contributed by atoms with E-state index in [1.807, 2.05) is 0 Å². The molecule has 3 unspecified atom stereocenters. The molecule has 22 heavy (non-hydrogen) atoms. The largest absolute Gasteiger partial charge is 0.391 e. The Balaban J connectivity index is 2.17. The van der Waals surface area contributed by atoms with Gasteiger partial charge in [-0.3, -0.25) is 14.5 Å². The Bertz CT molecular complexity index is 438. The summed E-state index contributed by atoms with van der Waals surface area (Å²) in [5.41, 5.74) is -0.0301. The first kappa shape index (κ1) is 17.2. The summed E-state index contributed by atoms with van der Waals surface area (Å²) in [6, 6.07) is -0.716. The lowest BCUT2D eigenvalue weighted by Gasteiger charge is -2.40. The van der Waals surface area contributed by atoms with Crippen molar-refractivity contribution in [2.75, 3.05) is 20.1 Å². The van der Waals surface area contributed by atoms with Crippen molar-refractivity contribution >= 4 is 11.8 Å². The summed E-state index contributed by atoms with van der Waals surface area (Å²) in [5.74, 6) is -0.201. The molecule has 0 aromatic rings. The Morgan fingerprint density at radius 2 is 2.00 bits per heavy atom. The third-order valence-electron chi connectivity index (χ3n) is 5.29. The predicted octanol–water partition coefficient (Wildman–Crippen LogP) is 0.347. The maximum absolute atomic E-state index is 13.0. The quantitative estimate of drug-likeness (QED) is 0.786. The number of amides is 2. The van der Waals surface area contributed by atoms with Crippen LogP contribution in [0.15, 0.2) is 0 Å². The van der Waals surface area contributed by atoms with Gasteiger partial charge in [0.25, 0.3) is 0 Å². The summed E-state index contributed by atoms with van der Waals surface area (Å²) in [6.45, 7) is 7.63. The number of hydrogen-bond donors (Lipinski definition) is 2. The molecule has 2 saturated heterocycles. The van der Waals surface area contributed by atoms with Crippen molar-refractivity contribution in [3.63, 3.8) is 0 Å². The lowest BCUT2D eigenvalue weighted by Crippen LogP contribution is -2.55. The van der Waals surface area contributed by atoms with E-state index in [1.165, 1.54) is 0 Å². The Hall–Kier alpha value is -1.14. The van der Waals surface area contributed by atoms with Gasteiger partial charge in [0.05, 0.1) is 12.1 Å². The molecule has 0 radical (unpaired) electrons. The zero-order valence-electron chi connectivity index (χ0n) is 14.1. The van der Waals surface area contributed by atoms with E-state index in [0.29, 0.717) is 6.42 Å². The molecule has 2 fully saturated rings. The molecule has 0 spiro atoms. The molecule has 126 valence electrons. The van der Waals surface area contributed by atoms with Crippen LogP contribution in [0.5, 0.6) is 0 Å². The number of nitrogens with one attached hydrogen (secondary N) is 1. The summed E-state index contributed by atoms with van der Waals surface area (Å²) < 4.78 is 0. The number of hydrogen-bond acceptors (Lipinski definition) is 4. The van der Waals surface area contributed by atoms with Gasteiger partial charge >= 0.3 is 0 Å². The average molecular weight is 311 g/mol. The SMILES string of the molecule is CCC(C)(C)N1CCCC1C(=O)N1CC(O)CC1C(=O)NC. The first-order valence-electron chi connectivity index (χ1n) is 8.28. The number of carbonyl (C=O) groups is 2. The van der Waals surface area contributed by atoms with E-state index >= 15 is 0 Å². The second-order valence-electron chi connectivity index (χ2n) is 7.03. The summed E-state index contributed by atoms with van der Waals surface area (Å²) >= 11 is 0. The molecule has 2 rings (SSSR count). The highest BCUT2D eigenvalue weighted by atomic mass is 16.3.